The van der Waals surface area contributed by atoms with Gasteiger partial charge in [0, 0.05) is 17.5 Å². The lowest BCUT2D eigenvalue weighted by atomic mass is 10.2. The van der Waals surface area contributed by atoms with E-state index >= 15 is 0 Å². The Hall–Kier alpha value is -1.73. The van der Waals surface area contributed by atoms with E-state index in [-0.39, 0.29) is 16.7 Å². The first-order valence-corrected chi connectivity index (χ1v) is 9.73. The number of anilines is 1. The summed E-state index contributed by atoms with van der Waals surface area (Å²) in [5.41, 5.74) is 2.44. The van der Waals surface area contributed by atoms with E-state index in [1.807, 2.05) is 31.2 Å². The van der Waals surface area contributed by atoms with Gasteiger partial charge in [0.25, 0.3) is 5.56 Å². The molecule has 1 atom stereocenters. The molecule has 0 aliphatic carbocycles. The van der Waals surface area contributed by atoms with Gasteiger partial charge in [-0.05, 0) is 31.7 Å². The number of carbonyl (C=O) groups is 1. The van der Waals surface area contributed by atoms with E-state index in [1.54, 1.807) is 18.7 Å². The average molecular weight is 364 g/mol. The molecular formula is C17H21N3O2S2. The third kappa shape index (κ3) is 5.72. The largest absolute Gasteiger partial charge is 0.325 e. The molecule has 1 unspecified atom stereocenters. The molecule has 0 saturated heterocycles. The highest BCUT2D eigenvalue weighted by atomic mass is 32.2. The summed E-state index contributed by atoms with van der Waals surface area (Å²) in [6, 6.07) is 9.13. The van der Waals surface area contributed by atoms with Crippen molar-refractivity contribution >= 4 is 35.1 Å². The second-order valence-corrected chi connectivity index (χ2v) is 7.90. The van der Waals surface area contributed by atoms with Crippen LogP contribution in [0.4, 0.5) is 5.69 Å². The van der Waals surface area contributed by atoms with Gasteiger partial charge in [0.15, 0.2) is 5.16 Å². The molecule has 0 radical (unpaired) electrons. The van der Waals surface area contributed by atoms with Crippen molar-refractivity contribution < 1.29 is 4.79 Å². The van der Waals surface area contributed by atoms with E-state index in [0.717, 1.165) is 22.7 Å². The van der Waals surface area contributed by atoms with E-state index in [9.17, 15) is 9.59 Å². The first-order chi connectivity index (χ1) is 11.5. The average Bonchev–Trinajstić information content (AvgIpc) is 2.54. The molecule has 2 aromatic rings. The van der Waals surface area contributed by atoms with Crippen LogP contribution < -0.4 is 10.9 Å². The summed E-state index contributed by atoms with van der Waals surface area (Å²) in [5, 5.41) is 2.97. The summed E-state index contributed by atoms with van der Waals surface area (Å²) < 4.78 is 0. The highest BCUT2D eigenvalue weighted by molar-refractivity contribution is 8.00. The van der Waals surface area contributed by atoms with Crippen LogP contribution >= 0.6 is 23.5 Å². The second-order valence-electron chi connectivity index (χ2n) is 5.29. The Labute approximate surface area is 150 Å². The molecule has 0 spiro atoms. The Balaban J connectivity index is 2.01. The van der Waals surface area contributed by atoms with Gasteiger partial charge in [-0.2, -0.15) is 11.8 Å². The third-order valence-electron chi connectivity index (χ3n) is 3.20. The van der Waals surface area contributed by atoms with Gasteiger partial charge in [0.1, 0.15) is 0 Å². The number of nitrogens with one attached hydrogen (secondary N) is 2. The summed E-state index contributed by atoms with van der Waals surface area (Å²) in [6.45, 7) is 5.85. The Kier molecular flexibility index (Phi) is 6.93. The maximum Gasteiger partial charge on any atom is 0.251 e. The van der Waals surface area contributed by atoms with E-state index < -0.39 is 0 Å². The molecule has 128 valence electrons. The zero-order valence-electron chi connectivity index (χ0n) is 14.0. The summed E-state index contributed by atoms with van der Waals surface area (Å²) >= 11 is 2.95. The van der Waals surface area contributed by atoms with Gasteiger partial charge in [-0.25, -0.2) is 4.98 Å². The van der Waals surface area contributed by atoms with Crippen LogP contribution in [0.3, 0.4) is 0 Å². The molecule has 0 aliphatic heterocycles. The number of aromatic amines is 1. The quantitative estimate of drug-likeness (QED) is 0.582. The summed E-state index contributed by atoms with van der Waals surface area (Å²) in [5.74, 6) is 1.53. The van der Waals surface area contributed by atoms with Crippen molar-refractivity contribution in [1.82, 2.24) is 9.97 Å². The molecule has 1 aromatic carbocycles. The number of H-pyrrole nitrogens is 1. The van der Waals surface area contributed by atoms with Crippen LogP contribution in [-0.4, -0.2) is 26.9 Å². The molecule has 0 bridgehead atoms. The van der Waals surface area contributed by atoms with Gasteiger partial charge < -0.3 is 10.3 Å². The van der Waals surface area contributed by atoms with Crippen LogP contribution in [0.15, 0.2) is 40.3 Å². The number of hydrogen-bond acceptors (Lipinski definition) is 5. The minimum Gasteiger partial charge on any atom is -0.325 e. The zero-order valence-corrected chi connectivity index (χ0v) is 15.6. The minimum absolute atomic E-state index is 0.125. The fourth-order valence-electron chi connectivity index (χ4n) is 1.92. The summed E-state index contributed by atoms with van der Waals surface area (Å²) in [6.07, 6.45) is 0. The number of carbonyl (C=O) groups excluding carboxylic acids is 1. The number of aromatic nitrogens is 2. The molecule has 5 nitrogen and oxygen atoms in total. The van der Waals surface area contributed by atoms with E-state index in [0.29, 0.717) is 10.9 Å². The predicted molar refractivity (Wildman–Crippen MR) is 102 cm³/mol. The lowest BCUT2D eigenvalue weighted by Gasteiger charge is -2.12. The van der Waals surface area contributed by atoms with Gasteiger partial charge >= 0.3 is 0 Å². The van der Waals surface area contributed by atoms with Crippen LogP contribution in [0.2, 0.25) is 0 Å². The molecule has 24 heavy (non-hydrogen) atoms. The normalized spacial score (nSPS) is 12.0. The number of hydrogen-bond donors (Lipinski definition) is 2. The van der Waals surface area contributed by atoms with E-state index in [2.05, 4.69) is 22.2 Å². The van der Waals surface area contributed by atoms with Crippen LogP contribution in [0.25, 0.3) is 0 Å². The number of rotatable bonds is 7. The van der Waals surface area contributed by atoms with Crippen molar-refractivity contribution in [2.24, 2.45) is 0 Å². The molecule has 1 amide bonds. The maximum atomic E-state index is 12.3. The molecule has 2 N–H and O–H groups in total. The van der Waals surface area contributed by atoms with Crippen molar-refractivity contribution in [2.75, 3.05) is 11.1 Å². The van der Waals surface area contributed by atoms with Crippen molar-refractivity contribution in [3.63, 3.8) is 0 Å². The zero-order chi connectivity index (χ0) is 17.5. The summed E-state index contributed by atoms with van der Waals surface area (Å²) in [7, 11) is 0. The first-order valence-electron chi connectivity index (χ1n) is 7.70. The smallest absolute Gasteiger partial charge is 0.251 e. The Morgan fingerprint density at radius 1 is 1.33 bits per heavy atom. The first kappa shape index (κ1) is 18.6. The number of aryl methyl sites for hydroxylation is 1. The number of benzene rings is 1. The monoisotopic (exact) mass is 363 g/mol. The number of nitrogens with zero attached hydrogens (tertiary/aromatic N) is 1. The van der Waals surface area contributed by atoms with Gasteiger partial charge in [-0.1, -0.05) is 36.4 Å². The predicted octanol–water partition coefficient (Wildman–Crippen LogP) is 3.45. The van der Waals surface area contributed by atoms with Gasteiger partial charge in [-0.3, -0.25) is 9.59 Å². The van der Waals surface area contributed by atoms with Crippen molar-refractivity contribution in [3.8, 4) is 0 Å². The molecule has 0 saturated carbocycles. The standard InChI is InChI=1S/C17H21N3O2S2/c1-4-23-10-14-9-15(21)20-17(19-14)24-12(3)16(22)18-13-7-5-11(2)6-8-13/h5-9,12H,4,10H2,1-3H3,(H,18,22)(H,19,20,21). The molecule has 2 rings (SSSR count). The van der Waals surface area contributed by atoms with Crippen molar-refractivity contribution in [2.45, 2.75) is 36.9 Å². The fraction of sp³-hybridized carbons (Fsp3) is 0.353. The topological polar surface area (TPSA) is 74.8 Å². The molecule has 1 heterocycles. The van der Waals surface area contributed by atoms with Crippen LogP contribution in [0.5, 0.6) is 0 Å². The molecular weight excluding hydrogens is 342 g/mol. The number of amides is 1. The highest BCUT2D eigenvalue weighted by Gasteiger charge is 2.16. The van der Waals surface area contributed by atoms with Crippen LogP contribution in [0, 0.1) is 6.92 Å². The molecule has 1 aromatic heterocycles. The Morgan fingerprint density at radius 3 is 2.71 bits per heavy atom. The lowest BCUT2D eigenvalue weighted by molar-refractivity contribution is -0.115. The van der Waals surface area contributed by atoms with Gasteiger partial charge in [0.05, 0.1) is 10.9 Å². The summed E-state index contributed by atoms with van der Waals surface area (Å²) in [4.78, 5) is 31.1. The minimum atomic E-state index is -0.372. The van der Waals surface area contributed by atoms with Crippen molar-refractivity contribution in [1.29, 1.82) is 0 Å². The second kappa shape index (κ2) is 8.94. The van der Waals surface area contributed by atoms with Crippen LogP contribution in [0.1, 0.15) is 25.1 Å². The SMILES string of the molecule is CCSCc1cc(=O)[nH]c(SC(C)C(=O)Nc2ccc(C)cc2)n1. The van der Waals surface area contributed by atoms with Crippen LogP contribution in [-0.2, 0) is 10.5 Å². The van der Waals surface area contributed by atoms with Crippen molar-refractivity contribution in [3.05, 3.63) is 51.9 Å². The fourth-order valence-corrected chi connectivity index (χ4v) is 3.31. The highest BCUT2D eigenvalue weighted by Crippen LogP contribution is 2.21. The lowest BCUT2D eigenvalue weighted by Crippen LogP contribution is -2.23. The Bertz CT molecular complexity index is 744. The van der Waals surface area contributed by atoms with Gasteiger partial charge in [-0.15, -0.1) is 0 Å². The third-order valence-corrected chi connectivity index (χ3v) is 5.10. The van der Waals surface area contributed by atoms with Gasteiger partial charge in [0.2, 0.25) is 5.91 Å². The number of thioether (sulfide) groups is 2. The Morgan fingerprint density at radius 2 is 2.04 bits per heavy atom. The van der Waals surface area contributed by atoms with E-state index in [4.69, 9.17) is 0 Å². The maximum absolute atomic E-state index is 12.3. The molecule has 7 heteroatoms. The molecule has 0 aliphatic rings. The molecule has 0 fully saturated rings. The van der Waals surface area contributed by atoms with E-state index in [1.165, 1.54) is 17.8 Å².